The second-order valence-electron chi connectivity index (χ2n) is 10.1. The van der Waals surface area contributed by atoms with Crippen LogP contribution in [-0.2, 0) is 23.4 Å². The van der Waals surface area contributed by atoms with E-state index in [1.54, 1.807) is 24.9 Å². The fraction of sp³-hybridized carbons (Fsp3) is 0.520. The van der Waals surface area contributed by atoms with Crippen LogP contribution in [0.25, 0.3) is 11.0 Å². The highest BCUT2D eigenvalue weighted by Gasteiger charge is 2.41. The van der Waals surface area contributed by atoms with Crippen molar-refractivity contribution in [3.8, 4) is 11.5 Å². The van der Waals surface area contributed by atoms with Gasteiger partial charge >= 0.3 is 0 Å². The lowest BCUT2D eigenvalue weighted by Crippen LogP contribution is -2.43. The summed E-state index contributed by atoms with van der Waals surface area (Å²) in [5.74, 6) is 3.39. The first-order chi connectivity index (χ1) is 16.2. The summed E-state index contributed by atoms with van der Waals surface area (Å²) in [6, 6.07) is 1.81. The Morgan fingerprint density at radius 1 is 1.09 bits per heavy atom. The molecule has 0 saturated carbocycles. The Kier molecular flexibility index (Phi) is 7.44. The van der Waals surface area contributed by atoms with Gasteiger partial charge in [-0.3, -0.25) is 14.0 Å². The maximum atomic E-state index is 13.6. The summed E-state index contributed by atoms with van der Waals surface area (Å²) in [4.78, 5) is 22.1. The van der Waals surface area contributed by atoms with Gasteiger partial charge in [-0.05, 0) is 29.6 Å². The molecule has 188 valence electrons. The molecular weight excluding hydrogens is 478 g/mol. The van der Waals surface area contributed by atoms with E-state index >= 15 is 0 Å². The van der Waals surface area contributed by atoms with Gasteiger partial charge < -0.3 is 0 Å². The van der Waals surface area contributed by atoms with Crippen LogP contribution in [0.4, 0.5) is 0 Å². The van der Waals surface area contributed by atoms with Crippen LogP contribution in [0.15, 0.2) is 28.4 Å². The third kappa shape index (κ3) is 4.84. The van der Waals surface area contributed by atoms with Crippen LogP contribution in [0, 0.1) is 18.4 Å². The van der Waals surface area contributed by atoms with Crippen molar-refractivity contribution in [1.29, 1.82) is 0 Å². The number of sulfone groups is 1. The second-order valence-corrected chi connectivity index (χ2v) is 17.6. The molecule has 0 amide bonds. The number of pyridine rings is 1. The number of rotatable bonds is 6. The van der Waals surface area contributed by atoms with Crippen LogP contribution >= 0.6 is 0 Å². The molecule has 0 fully saturated rings. The SMILES string of the molecule is Cc1c(C#C[Si](C(C)C)(C(C)C)C(C)C)c2cnc(S(C)(=O)=O)nc2n(Cc2ccnn2C)c1=O. The minimum Gasteiger partial charge on any atom is -0.286 e. The van der Waals surface area contributed by atoms with Gasteiger partial charge in [0.2, 0.25) is 15.0 Å². The highest BCUT2D eigenvalue weighted by Crippen LogP contribution is 2.41. The molecule has 3 rings (SSSR count). The summed E-state index contributed by atoms with van der Waals surface area (Å²) < 4.78 is 27.6. The minimum atomic E-state index is -3.67. The Labute approximate surface area is 208 Å². The van der Waals surface area contributed by atoms with Crippen LogP contribution in [0.5, 0.6) is 0 Å². The van der Waals surface area contributed by atoms with E-state index in [1.165, 1.54) is 10.8 Å². The molecule has 0 aromatic carbocycles. The van der Waals surface area contributed by atoms with Crippen molar-refractivity contribution in [2.45, 2.75) is 76.8 Å². The normalized spacial score (nSPS) is 12.6. The van der Waals surface area contributed by atoms with E-state index in [2.05, 4.69) is 68.1 Å². The van der Waals surface area contributed by atoms with Crippen molar-refractivity contribution in [3.63, 3.8) is 0 Å². The Hall–Kier alpha value is -2.77. The number of hydrogen-bond donors (Lipinski definition) is 0. The molecule has 0 N–H and O–H groups in total. The molecular formula is C25H35N5O3SSi. The van der Waals surface area contributed by atoms with Crippen LogP contribution in [0.1, 0.15) is 58.4 Å². The number of nitrogens with zero attached hydrogens (tertiary/aromatic N) is 5. The van der Waals surface area contributed by atoms with Crippen molar-refractivity contribution in [3.05, 3.63) is 45.6 Å². The van der Waals surface area contributed by atoms with E-state index in [9.17, 15) is 13.2 Å². The zero-order valence-electron chi connectivity index (χ0n) is 22.0. The van der Waals surface area contributed by atoms with Gasteiger partial charge in [-0.2, -0.15) is 10.1 Å². The van der Waals surface area contributed by atoms with Gasteiger partial charge in [0, 0.05) is 36.8 Å². The molecule has 8 nitrogen and oxygen atoms in total. The summed E-state index contributed by atoms with van der Waals surface area (Å²) in [6.07, 6.45) is 4.19. The lowest BCUT2D eigenvalue weighted by atomic mass is 10.1. The summed E-state index contributed by atoms with van der Waals surface area (Å²) in [5, 5.41) is 4.43. The highest BCUT2D eigenvalue weighted by molar-refractivity contribution is 7.90. The molecule has 0 bridgehead atoms. The molecule has 0 unspecified atom stereocenters. The third-order valence-electron chi connectivity index (χ3n) is 7.06. The molecule has 3 heterocycles. The average Bonchev–Trinajstić information content (AvgIpc) is 3.16. The Morgan fingerprint density at radius 2 is 1.69 bits per heavy atom. The lowest BCUT2D eigenvalue weighted by molar-refractivity contribution is 0.592. The van der Waals surface area contributed by atoms with Crippen LogP contribution in [0.3, 0.4) is 0 Å². The molecule has 0 saturated heterocycles. The van der Waals surface area contributed by atoms with Gasteiger partial charge in [0.25, 0.3) is 5.56 Å². The summed E-state index contributed by atoms with van der Waals surface area (Å²) in [7, 11) is -3.95. The van der Waals surface area contributed by atoms with Gasteiger partial charge in [-0.25, -0.2) is 13.4 Å². The second kappa shape index (κ2) is 9.70. The molecule has 0 atom stereocenters. The Bertz CT molecular complexity index is 1470. The van der Waals surface area contributed by atoms with E-state index in [-0.39, 0.29) is 22.9 Å². The zero-order chi connectivity index (χ0) is 26.3. The van der Waals surface area contributed by atoms with Crippen molar-refractivity contribution in [2.24, 2.45) is 7.05 Å². The Morgan fingerprint density at radius 3 is 2.17 bits per heavy atom. The van der Waals surface area contributed by atoms with Gasteiger partial charge in [0.1, 0.15) is 13.7 Å². The van der Waals surface area contributed by atoms with E-state index in [1.807, 2.05) is 6.07 Å². The predicted molar refractivity (Wildman–Crippen MR) is 142 cm³/mol. The van der Waals surface area contributed by atoms with Gasteiger partial charge in [0.05, 0.1) is 17.6 Å². The highest BCUT2D eigenvalue weighted by atomic mass is 32.2. The van der Waals surface area contributed by atoms with E-state index in [0.717, 1.165) is 11.9 Å². The maximum absolute atomic E-state index is 13.6. The number of fused-ring (bicyclic) bond motifs is 1. The molecule has 10 heteroatoms. The van der Waals surface area contributed by atoms with Gasteiger partial charge in [0.15, 0.2) is 0 Å². The largest absolute Gasteiger partial charge is 0.286 e. The van der Waals surface area contributed by atoms with Crippen LogP contribution in [-0.4, -0.2) is 47.1 Å². The van der Waals surface area contributed by atoms with E-state index in [4.69, 9.17) is 0 Å². The van der Waals surface area contributed by atoms with Crippen molar-refractivity contribution < 1.29 is 8.42 Å². The number of hydrogen-bond acceptors (Lipinski definition) is 6. The van der Waals surface area contributed by atoms with Crippen molar-refractivity contribution in [1.82, 2.24) is 24.3 Å². The number of aryl methyl sites for hydroxylation is 1. The summed E-state index contributed by atoms with van der Waals surface area (Å²) >= 11 is 0. The van der Waals surface area contributed by atoms with E-state index in [0.29, 0.717) is 33.1 Å². The van der Waals surface area contributed by atoms with Crippen LogP contribution < -0.4 is 5.56 Å². The van der Waals surface area contributed by atoms with Crippen molar-refractivity contribution >= 4 is 28.9 Å². The first-order valence-corrected chi connectivity index (χ1v) is 15.9. The summed E-state index contributed by atoms with van der Waals surface area (Å²) in [6.45, 7) is 15.4. The Balaban J connectivity index is 2.40. The van der Waals surface area contributed by atoms with E-state index < -0.39 is 17.9 Å². The molecule has 0 aliphatic heterocycles. The third-order valence-corrected chi connectivity index (χ3v) is 14.2. The minimum absolute atomic E-state index is 0.198. The topological polar surface area (TPSA) is 99.7 Å². The molecule has 0 aliphatic rings. The average molecular weight is 514 g/mol. The quantitative estimate of drug-likeness (QED) is 0.282. The first kappa shape index (κ1) is 26.8. The molecule has 0 spiro atoms. The summed E-state index contributed by atoms with van der Waals surface area (Å²) in [5.41, 5.74) is 6.84. The number of aromatic nitrogens is 5. The molecule has 0 radical (unpaired) electrons. The molecule has 3 aromatic rings. The standard InChI is InChI=1S/C25H35N5O3SSi/c1-16(2)35(17(3)4,18(5)6)13-11-21-19(7)24(31)30(15-20-10-12-27-29(20)8)23-22(21)14-26-25(28-23)34(9,32)33/h10,12,14,16-18H,15H2,1-9H3. The fourth-order valence-corrected chi connectivity index (χ4v) is 10.9. The smallest absolute Gasteiger partial charge is 0.256 e. The van der Waals surface area contributed by atoms with Gasteiger partial charge in [-0.15, -0.1) is 5.54 Å². The monoisotopic (exact) mass is 513 g/mol. The lowest BCUT2D eigenvalue weighted by Gasteiger charge is -2.38. The maximum Gasteiger partial charge on any atom is 0.256 e. The molecule has 0 aliphatic carbocycles. The fourth-order valence-electron chi connectivity index (χ4n) is 5.16. The zero-order valence-corrected chi connectivity index (χ0v) is 23.9. The van der Waals surface area contributed by atoms with Gasteiger partial charge in [-0.1, -0.05) is 47.5 Å². The molecule has 3 aromatic heterocycles. The first-order valence-electron chi connectivity index (χ1n) is 11.8. The predicted octanol–water partition coefficient (Wildman–Crippen LogP) is 3.85. The molecule has 35 heavy (non-hydrogen) atoms. The van der Waals surface area contributed by atoms with Crippen molar-refractivity contribution in [2.75, 3.05) is 6.26 Å². The van der Waals surface area contributed by atoms with Crippen LogP contribution in [0.2, 0.25) is 16.6 Å².